The lowest BCUT2D eigenvalue weighted by molar-refractivity contribution is -0.140. The van der Waals surface area contributed by atoms with Crippen molar-refractivity contribution in [3.05, 3.63) is 0 Å². The van der Waals surface area contributed by atoms with Crippen molar-refractivity contribution in [3.8, 4) is 0 Å². The third kappa shape index (κ3) is 4.32. The van der Waals surface area contributed by atoms with Crippen LogP contribution in [0.5, 0.6) is 0 Å². The third-order valence-electron chi connectivity index (χ3n) is 0.893. The number of aliphatic carboxylic acids is 1. The molecule has 0 atom stereocenters. The van der Waals surface area contributed by atoms with Crippen LogP contribution < -0.4 is 0 Å². The van der Waals surface area contributed by atoms with Gasteiger partial charge in [0.15, 0.2) is 0 Å². The predicted octanol–water partition coefficient (Wildman–Crippen LogP) is 0.102. The number of hydrogen-bond acceptors (Lipinski definition) is 3. The SMILES string of the molecule is CC(=O)N(/C=N\Cl)CC(=O)O. The summed E-state index contributed by atoms with van der Waals surface area (Å²) >= 11 is 4.91. The highest BCUT2D eigenvalue weighted by atomic mass is 35.5. The topological polar surface area (TPSA) is 70.0 Å². The Bertz CT molecular complexity index is 192. The first-order chi connectivity index (χ1) is 5.07. The third-order valence-corrected chi connectivity index (χ3v) is 0.980. The molecule has 0 aromatic rings. The van der Waals surface area contributed by atoms with Crippen LogP contribution >= 0.6 is 11.8 Å². The lowest BCUT2D eigenvalue weighted by Crippen LogP contribution is -2.32. The van der Waals surface area contributed by atoms with E-state index < -0.39 is 18.4 Å². The number of amides is 1. The molecular weight excluding hydrogens is 172 g/mol. The predicted molar refractivity (Wildman–Crippen MR) is 39.4 cm³/mol. The van der Waals surface area contributed by atoms with E-state index in [0.717, 1.165) is 11.2 Å². The highest BCUT2D eigenvalue weighted by molar-refractivity contribution is 6.18. The standard InChI is InChI=1S/C5H7ClN2O3/c1-4(9)8(3-7-6)2-5(10)11/h3H,2H2,1H3,(H,10,11)/b7-3-. The van der Waals surface area contributed by atoms with Gasteiger partial charge in [-0.3, -0.25) is 14.5 Å². The van der Waals surface area contributed by atoms with Crippen LogP contribution in [0.1, 0.15) is 6.92 Å². The first kappa shape index (κ1) is 9.90. The molecule has 11 heavy (non-hydrogen) atoms. The molecule has 0 radical (unpaired) electrons. The molecule has 62 valence electrons. The van der Waals surface area contributed by atoms with E-state index in [0.29, 0.717) is 0 Å². The summed E-state index contributed by atoms with van der Waals surface area (Å²) in [5, 5.41) is 8.26. The molecule has 0 aromatic heterocycles. The lowest BCUT2D eigenvalue weighted by atomic mass is 10.5. The van der Waals surface area contributed by atoms with Crippen LogP contribution in [0, 0.1) is 0 Å². The monoisotopic (exact) mass is 178 g/mol. The van der Waals surface area contributed by atoms with Gasteiger partial charge in [0.25, 0.3) is 0 Å². The Balaban J connectivity index is 4.11. The summed E-state index contributed by atoms with van der Waals surface area (Å²) in [5.41, 5.74) is 0. The molecule has 0 bridgehead atoms. The van der Waals surface area contributed by atoms with Gasteiger partial charge in [0.05, 0.1) is 0 Å². The molecule has 0 rings (SSSR count). The summed E-state index contributed by atoms with van der Waals surface area (Å²) in [6.07, 6.45) is 0.956. The van der Waals surface area contributed by atoms with E-state index in [1.807, 2.05) is 0 Å². The zero-order chi connectivity index (χ0) is 8.85. The molecule has 0 unspecified atom stereocenters. The van der Waals surface area contributed by atoms with Crippen LogP contribution in [-0.4, -0.2) is 34.8 Å². The maximum absolute atomic E-state index is 10.6. The van der Waals surface area contributed by atoms with Gasteiger partial charge in [-0.15, -0.1) is 0 Å². The molecule has 1 amide bonds. The molecule has 0 aromatic carbocycles. The minimum absolute atomic E-state index is 0.420. The fraction of sp³-hybridized carbons (Fsp3) is 0.400. The van der Waals surface area contributed by atoms with E-state index in [1.165, 1.54) is 6.92 Å². The zero-order valence-electron chi connectivity index (χ0n) is 5.82. The fourth-order valence-electron chi connectivity index (χ4n) is 0.432. The Morgan fingerprint density at radius 3 is 2.55 bits per heavy atom. The van der Waals surface area contributed by atoms with Gasteiger partial charge in [-0.25, -0.2) is 0 Å². The van der Waals surface area contributed by atoms with Crippen molar-refractivity contribution in [1.82, 2.24) is 4.90 Å². The van der Waals surface area contributed by atoms with Gasteiger partial charge in [0.1, 0.15) is 12.9 Å². The number of nitrogens with zero attached hydrogens (tertiary/aromatic N) is 2. The number of hydrogen-bond donors (Lipinski definition) is 1. The summed E-state index contributed by atoms with van der Waals surface area (Å²) in [6, 6.07) is 0. The average Bonchev–Trinajstić information content (AvgIpc) is 1.86. The van der Waals surface area contributed by atoms with E-state index in [4.69, 9.17) is 16.9 Å². The number of halogens is 1. The van der Waals surface area contributed by atoms with Gasteiger partial charge in [-0.2, -0.15) is 4.51 Å². The van der Waals surface area contributed by atoms with Crippen LogP contribution in [0.15, 0.2) is 4.51 Å². The Kier molecular flexibility index (Phi) is 4.21. The molecular formula is C5H7ClN2O3. The van der Waals surface area contributed by atoms with Gasteiger partial charge >= 0.3 is 5.97 Å². The Morgan fingerprint density at radius 2 is 2.27 bits per heavy atom. The second-order valence-corrected chi connectivity index (χ2v) is 1.95. The first-order valence-electron chi connectivity index (χ1n) is 2.71. The van der Waals surface area contributed by atoms with E-state index in [1.54, 1.807) is 0 Å². The maximum atomic E-state index is 10.6. The molecule has 0 aliphatic heterocycles. The Morgan fingerprint density at radius 1 is 1.73 bits per heavy atom. The molecule has 0 fully saturated rings. The van der Waals surface area contributed by atoms with Gasteiger partial charge in [-0.05, 0) is 0 Å². The molecule has 5 nitrogen and oxygen atoms in total. The first-order valence-corrected chi connectivity index (χ1v) is 3.05. The van der Waals surface area contributed by atoms with Gasteiger partial charge < -0.3 is 5.11 Å². The molecule has 0 heterocycles. The summed E-state index contributed by atoms with van der Waals surface area (Å²) < 4.78 is 3.00. The number of carbonyl (C=O) groups is 2. The molecule has 6 heteroatoms. The minimum atomic E-state index is -1.11. The van der Waals surface area contributed by atoms with E-state index in [2.05, 4.69) is 4.51 Å². The van der Waals surface area contributed by atoms with Crippen molar-refractivity contribution in [2.24, 2.45) is 4.51 Å². The minimum Gasteiger partial charge on any atom is -0.480 e. The lowest BCUT2D eigenvalue weighted by Gasteiger charge is -2.10. The van der Waals surface area contributed by atoms with Crippen molar-refractivity contribution >= 4 is 30.0 Å². The van der Waals surface area contributed by atoms with Gasteiger partial charge in [0, 0.05) is 18.7 Å². The summed E-state index contributed by atoms with van der Waals surface area (Å²) in [5.74, 6) is -1.53. The summed E-state index contributed by atoms with van der Waals surface area (Å²) in [6.45, 7) is 0.799. The largest absolute Gasteiger partial charge is 0.480 e. The maximum Gasteiger partial charge on any atom is 0.323 e. The molecule has 0 aliphatic rings. The van der Waals surface area contributed by atoms with Crippen LogP contribution in [0.25, 0.3) is 0 Å². The van der Waals surface area contributed by atoms with E-state index >= 15 is 0 Å². The Labute approximate surface area is 68.4 Å². The summed E-state index contributed by atoms with van der Waals surface area (Å²) in [7, 11) is 0. The number of carboxylic acids is 1. The highest BCUT2D eigenvalue weighted by Crippen LogP contribution is 1.86. The van der Waals surface area contributed by atoms with Crippen LogP contribution in [-0.2, 0) is 9.59 Å². The van der Waals surface area contributed by atoms with Crippen molar-refractivity contribution in [2.75, 3.05) is 6.54 Å². The number of carbonyl (C=O) groups excluding carboxylic acids is 1. The van der Waals surface area contributed by atoms with Gasteiger partial charge in [-0.1, -0.05) is 0 Å². The van der Waals surface area contributed by atoms with Gasteiger partial charge in [0.2, 0.25) is 5.91 Å². The summed E-state index contributed by atoms with van der Waals surface area (Å²) in [4.78, 5) is 21.6. The number of rotatable bonds is 3. The molecule has 0 saturated carbocycles. The van der Waals surface area contributed by atoms with Crippen molar-refractivity contribution < 1.29 is 14.7 Å². The van der Waals surface area contributed by atoms with Crippen molar-refractivity contribution in [1.29, 1.82) is 0 Å². The highest BCUT2D eigenvalue weighted by Gasteiger charge is 2.09. The smallest absolute Gasteiger partial charge is 0.323 e. The van der Waals surface area contributed by atoms with Crippen molar-refractivity contribution in [3.63, 3.8) is 0 Å². The normalized spacial score (nSPS) is 10.0. The molecule has 0 saturated heterocycles. The number of carboxylic acid groups (broad SMARTS) is 1. The van der Waals surface area contributed by atoms with Crippen molar-refractivity contribution in [2.45, 2.75) is 6.92 Å². The fourth-order valence-corrected chi connectivity index (χ4v) is 0.537. The second-order valence-electron chi connectivity index (χ2n) is 1.75. The zero-order valence-corrected chi connectivity index (χ0v) is 6.58. The Hall–Kier alpha value is -1.10. The molecule has 0 spiro atoms. The van der Waals surface area contributed by atoms with E-state index in [-0.39, 0.29) is 0 Å². The van der Waals surface area contributed by atoms with Crippen LogP contribution in [0.2, 0.25) is 0 Å². The molecule has 0 aliphatic carbocycles. The van der Waals surface area contributed by atoms with Crippen LogP contribution in [0.3, 0.4) is 0 Å². The van der Waals surface area contributed by atoms with E-state index in [9.17, 15) is 9.59 Å². The second kappa shape index (κ2) is 4.68. The van der Waals surface area contributed by atoms with Crippen LogP contribution in [0.4, 0.5) is 0 Å². The molecule has 1 N–H and O–H groups in total. The average molecular weight is 179 g/mol. The quantitative estimate of drug-likeness (QED) is 0.492.